The van der Waals surface area contributed by atoms with Crippen molar-refractivity contribution in [1.82, 2.24) is 5.06 Å². The highest BCUT2D eigenvalue weighted by molar-refractivity contribution is 5.76. The maximum atomic E-state index is 12.1. The van der Waals surface area contributed by atoms with E-state index >= 15 is 0 Å². The molecule has 27 heavy (non-hydrogen) atoms. The highest BCUT2D eigenvalue weighted by Gasteiger charge is 2.33. The number of rotatable bonds is 14. The number of carboxylic acid groups (broad SMARTS) is 1. The van der Waals surface area contributed by atoms with E-state index in [1.807, 2.05) is 13.8 Å². The molecule has 0 bridgehead atoms. The van der Waals surface area contributed by atoms with Crippen LogP contribution >= 0.6 is 0 Å². The Hall–Kier alpha value is -2.43. The fraction of sp³-hybridized carbons (Fsp3) is 0.812. The second kappa shape index (κ2) is 11.3. The number of hydrogen-bond donors (Lipinski definition) is 1. The lowest BCUT2D eigenvalue weighted by Crippen LogP contribution is -2.38. The standard InChI is InChI=1S/C16H28N2O9/c1-11(2)6-13(7-14(20)21)8-17(10-19)27-12(3)26-15(22)16(4,5)9-25-18(23)24/h10-13H,6-9H2,1-5H3,(H,20,21). The first-order chi connectivity index (χ1) is 12.4. The van der Waals surface area contributed by atoms with E-state index in [4.69, 9.17) is 14.7 Å². The molecule has 0 aromatic rings. The van der Waals surface area contributed by atoms with Crippen LogP contribution in [0, 0.1) is 27.4 Å². The monoisotopic (exact) mass is 392 g/mol. The number of esters is 1. The third-order valence-corrected chi connectivity index (χ3v) is 3.46. The van der Waals surface area contributed by atoms with Crippen molar-refractivity contribution in [1.29, 1.82) is 0 Å². The van der Waals surface area contributed by atoms with Gasteiger partial charge in [-0.15, -0.1) is 10.1 Å². The predicted molar refractivity (Wildman–Crippen MR) is 91.3 cm³/mol. The minimum atomic E-state index is -1.31. The maximum absolute atomic E-state index is 12.1. The zero-order chi connectivity index (χ0) is 21.2. The predicted octanol–water partition coefficient (Wildman–Crippen LogP) is 1.64. The zero-order valence-electron chi connectivity index (χ0n) is 16.2. The number of hydroxylamine groups is 2. The molecule has 0 saturated carbocycles. The van der Waals surface area contributed by atoms with Crippen molar-refractivity contribution in [2.45, 2.75) is 53.8 Å². The van der Waals surface area contributed by atoms with E-state index in [1.165, 1.54) is 20.8 Å². The number of ether oxygens (including phenoxy) is 1. The number of nitrogens with zero attached hydrogens (tertiary/aromatic N) is 2. The van der Waals surface area contributed by atoms with Gasteiger partial charge < -0.3 is 14.7 Å². The van der Waals surface area contributed by atoms with Crippen LogP contribution in [0.3, 0.4) is 0 Å². The van der Waals surface area contributed by atoms with Gasteiger partial charge in [0.05, 0.1) is 12.0 Å². The van der Waals surface area contributed by atoms with Crippen LogP contribution in [0.2, 0.25) is 0 Å². The minimum absolute atomic E-state index is 0.0176. The lowest BCUT2D eigenvalue weighted by molar-refractivity contribution is -0.760. The van der Waals surface area contributed by atoms with Gasteiger partial charge >= 0.3 is 11.9 Å². The summed E-state index contributed by atoms with van der Waals surface area (Å²) in [6, 6.07) is 0. The van der Waals surface area contributed by atoms with Crippen LogP contribution in [0.1, 0.15) is 47.5 Å². The van der Waals surface area contributed by atoms with Crippen molar-refractivity contribution >= 4 is 18.3 Å². The number of amides is 1. The molecule has 0 fully saturated rings. The number of hydrogen-bond acceptors (Lipinski definition) is 8. The highest BCUT2D eigenvalue weighted by Crippen LogP contribution is 2.20. The molecule has 1 N–H and O–H groups in total. The largest absolute Gasteiger partial charge is 0.481 e. The molecule has 0 spiro atoms. The summed E-state index contributed by atoms with van der Waals surface area (Å²) in [5.41, 5.74) is -1.31. The Morgan fingerprint density at radius 2 is 1.89 bits per heavy atom. The number of carbonyl (C=O) groups is 3. The molecular weight excluding hydrogens is 364 g/mol. The molecule has 0 aromatic carbocycles. The summed E-state index contributed by atoms with van der Waals surface area (Å²) in [5.74, 6) is -1.91. The average molecular weight is 392 g/mol. The van der Waals surface area contributed by atoms with E-state index in [9.17, 15) is 24.5 Å². The first-order valence-electron chi connectivity index (χ1n) is 8.46. The molecule has 2 unspecified atom stereocenters. The maximum Gasteiger partial charge on any atom is 0.315 e. The van der Waals surface area contributed by atoms with Crippen LogP contribution in [-0.4, -0.2) is 53.0 Å². The van der Waals surface area contributed by atoms with Gasteiger partial charge in [-0.05, 0) is 32.1 Å². The van der Waals surface area contributed by atoms with E-state index in [0.717, 1.165) is 5.06 Å². The minimum Gasteiger partial charge on any atom is -0.481 e. The van der Waals surface area contributed by atoms with Crippen LogP contribution in [0.25, 0.3) is 0 Å². The summed E-state index contributed by atoms with van der Waals surface area (Å²) < 4.78 is 5.04. The van der Waals surface area contributed by atoms with E-state index in [-0.39, 0.29) is 24.8 Å². The second-order valence-corrected chi connectivity index (χ2v) is 7.26. The lowest BCUT2D eigenvalue weighted by Gasteiger charge is -2.28. The average Bonchev–Trinajstić information content (AvgIpc) is 2.50. The molecule has 0 aliphatic carbocycles. The summed E-state index contributed by atoms with van der Waals surface area (Å²) >= 11 is 0. The third-order valence-electron chi connectivity index (χ3n) is 3.46. The highest BCUT2D eigenvalue weighted by atomic mass is 17.0. The van der Waals surface area contributed by atoms with Gasteiger partial charge in [-0.1, -0.05) is 13.8 Å². The Balaban J connectivity index is 4.74. The van der Waals surface area contributed by atoms with Crippen LogP contribution in [0.5, 0.6) is 0 Å². The summed E-state index contributed by atoms with van der Waals surface area (Å²) in [6.07, 6.45) is -0.354. The van der Waals surface area contributed by atoms with Crippen molar-refractivity contribution in [3.8, 4) is 0 Å². The second-order valence-electron chi connectivity index (χ2n) is 7.26. The summed E-state index contributed by atoms with van der Waals surface area (Å²) in [4.78, 5) is 54.0. The van der Waals surface area contributed by atoms with Crippen LogP contribution in [0.4, 0.5) is 0 Å². The number of aliphatic carboxylic acids is 1. The van der Waals surface area contributed by atoms with Gasteiger partial charge in [-0.2, -0.15) is 0 Å². The molecule has 0 aliphatic heterocycles. The Kier molecular flexibility index (Phi) is 10.3. The number of carboxylic acids is 1. The molecule has 11 heteroatoms. The van der Waals surface area contributed by atoms with Gasteiger partial charge in [-0.3, -0.25) is 14.4 Å². The Labute approximate surface area is 157 Å². The van der Waals surface area contributed by atoms with Gasteiger partial charge in [-0.25, -0.2) is 9.90 Å². The molecule has 1 amide bonds. The Morgan fingerprint density at radius 3 is 2.33 bits per heavy atom. The Morgan fingerprint density at radius 1 is 1.30 bits per heavy atom. The molecule has 0 saturated heterocycles. The SMILES string of the molecule is CC(C)CC(CC(=O)O)CN(C=O)OC(C)OC(=O)C(C)(C)CO[N+](=O)[O-]. The summed E-state index contributed by atoms with van der Waals surface area (Å²) in [6.45, 7) is 7.54. The van der Waals surface area contributed by atoms with E-state index in [2.05, 4.69) is 4.84 Å². The Bertz CT molecular complexity index is 522. The molecule has 0 rings (SSSR count). The molecule has 0 aliphatic rings. The molecule has 0 radical (unpaired) electrons. The summed E-state index contributed by atoms with van der Waals surface area (Å²) in [5, 5.41) is 19.1. The van der Waals surface area contributed by atoms with E-state index < -0.39 is 35.3 Å². The molecular formula is C16H28N2O9. The third kappa shape index (κ3) is 11.0. The van der Waals surface area contributed by atoms with Crippen molar-refractivity contribution in [2.24, 2.45) is 17.3 Å². The van der Waals surface area contributed by atoms with Crippen LogP contribution < -0.4 is 0 Å². The van der Waals surface area contributed by atoms with Gasteiger partial charge in [0.2, 0.25) is 12.7 Å². The van der Waals surface area contributed by atoms with Crippen molar-refractivity contribution in [3.63, 3.8) is 0 Å². The molecule has 0 aromatic heterocycles. The number of carbonyl (C=O) groups excluding carboxylic acids is 2. The van der Waals surface area contributed by atoms with Crippen molar-refractivity contribution in [3.05, 3.63) is 10.1 Å². The summed E-state index contributed by atoms with van der Waals surface area (Å²) in [7, 11) is 0. The quantitative estimate of drug-likeness (QED) is 0.153. The van der Waals surface area contributed by atoms with Crippen LogP contribution in [-0.2, 0) is 28.8 Å². The molecule has 0 heterocycles. The van der Waals surface area contributed by atoms with E-state index in [0.29, 0.717) is 12.8 Å². The van der Waals surface area contributed by atoms with Gasteiger partial charge in [0.25, 0.3) is 5.09 Å². The van der Waals surface area contributed by atoms with Crippen molar-refractivity contribution in [2.75, 3.05) is 13.2 Å². The van der Waals surface area contributed by atoms with E-state index in [1.54, 1.807) is 0 Å². The van der Waals surface area contributed by atoms with Gasteiger partial charge in [0, 0.05) is 13.3 Å². The van der Waals surface area contributed by atoms with Crippen LogP contribution in [0.15, 0.2) is 0 Å². The lowest BCUT2D eigenvalue weighted by atomic mass is 9.94. The van der Waals surface area contributed by atoms with Gasteiger partial charge in [0.1, 0.15) is 6.61 Å². The topological polar surface area (TPSA) is 146 Å². The zero-order valence-corrected chi connectivity index (χ0v) is 16.2. The first-order valence-corrected chi connectivity index (χ1v) is 8.46. The smallest absolute Gasteiger partial charge is 0.315 e. The molecule has 156 valence electrons. The molecule has 2 atom stereocenters. The van der Waals surface area contributed by atoms with Crippen molar-refractivity contribution < 1.29 is 39.0 Å². The fourth-order valence-electron chi connectivity index (χ4n) is 2.30. The molecule has 11 nitrogen and oxygen atoms in total. The normalized spacial score (nSPS) is 13.6. The first kappa shape index (κ1) is 24.6. The van der Waals surface area contributed by atoms with Gasteiger partial charge in [0.15, 0.2) is 0 Å². The fourth-order valence-corrected chi connectivity index (χ4v) is 2.30.